The van der Waals surface area contributed by atoms with Crippen LogP contribution < -0.4 is 4.74 Å². The average Bonchev–Trinajstić information content (AvgIpc) is 2.80. The van der Waals surface area contributed by atoms with Gasteiger partial charge in [-0.15, -0.1) is 0 Å². The molecule has 0 saturated carbocycles. The zero-order valence-electron chi connectivity index (χ0n) is 18.1. The number of aliphatic hydroxyl groups is 6. The van der Waals surface area contributed by atoms with Crippen LogP contribution in [0.15, 0.2) is 24.3 Å². The molecule has 0 bridgehead atoms. The Balaban J connectivity index is 1.93. The van der Waals surface area contributed by atoms with Gasteiger partial charge in [0.1, 0.15) is 42.7 Å². The Morgan fingerprint density at radius 1 is 1.24 bits per heavy atom. The van der Waals surface area contributed by atoms with E-state index in [9.17, 15) is 35.4 Å². The minimum atomic E-state index is -1.87. The van der Waals surface area contributed by atoms with E-state index in [4.69, 9.17) is 24.1 Å². The molecule has 1 aromatic rings. The summed E-state index contributed by atoms with van der Waals surface area (Å²) in [5.41, 5.74) is -1.33. The molecule has 0 radical (unpaired) electrons. The van der Waals surface area contributed by atoms with Gasteiger partial charge in [0.25, 0.3) is 0 Å². The Bertz CT molecular complexity index is 810. The molecule has 0 aliphatic carbocycles. The van der Waals surface area contributed by atoms with Crippen molar-refractivity contribution in [3.05, 3.63) is 29.8 Å². The van der Waals surface area contributed by atoms with Crippen molar-refractivity contribution < 1.29 is 59.5 Å². The lowest BCUT2D eigenvalue weighted by Crippen LogP contribution is -2.60. The third kappa shape index (κ3) is 7.09. The van der Waals surface area contributed by atoms with Gasteiger partial charge < -0.3 is 54.7 Å². The molecule has 0 aromatic heterocycles. The van der Waals surface area contributed by atoms with E-state index in [0.29, 0.717) is 5.56 Å². The third-order valence-electron chi connectivity index (χ3n) is 5.13. The van der Waals surface area contributed by atoms with Crippen LogP contribution in [0.1, 0.15) is 12.5 Å². The second-order valence-electron chi connectivity index (χ2n) is 7.77. The molecule has 1 aliphatic rings. The summed E-state index contributed by atoms with van der Waals surface area (Å²) in [6.45, 7) is -0.648. The van der Waals surface area contributed by atoms with Gasteiger partial charge in [-0.1, -0.05) is 6.07 Å². The molecular formula is C21H30O12. The van der Waals surface area contributed by atoms with Crippen molar-refractivity contribution >= 4 is 12.0 Å². The quantitative estimate of drug-likeness (QED) is 0.144. The van der Waals surface area contributed by atoms with E-state index in [1.807, 2.05) is 0 Å². The van der Waals surface area contributed by atoms with Crippen LogP contribution in [0, 0.1) is 0 Å². The van der Waals surface area contributed by atoms with Crippen LogP contribution in [0.4, 0.5) is 0 Å². The zero-order chi connectivity index (χ0) is 24.8. The second-order valence-corrected chi connectivity index (χ2v) is 7.77. The number of phenolic OH excluding ortho intramolecular Hbond substituents is 1. The summed E-state index contributed by atoms with van der Waals surface area (Å²) in [5, 5.41) is 68.5. The molecule has 7 atom stereocenters. The summed E-state index contributed by atoms with van der Waals surface area (Å²) in [4.78, 5) is 12.0. The maximum absolute atomic E-state index is 12.0. The predicted molar refractivity (Wildman–Crippen MR) is 111 cm³/mol. The Morgan fingerprint density at radius 3 is 2.58 bits per heavy atom. The Kier molecular flexibility index (Phi) is 9.57. The number of hydrogen-bond acceptors (Lipinski definition) is 12. The van der Waals surface area contributed by atoms with Crippen LogP contribution in [0.25, 0.3) is 6.08 Å². The number of methoxy groups -OCH3 is 1. The fraction of sp³-hybridized carbons (Fsp3) is 0.571. The van der Waals surface area contributed by atoms with Crippen molar-refractivity contribution in [2.24, 2.45) is 0 Å². The van der Waals surface area contributed by atoms with Crippen molar-refractivity contribution in [2.75, 3.05) is 26.9 Å². The van der Waals surface area contributed by atoms with Gasteiger partial charge in [0.15, 0.2) is 17.8 Å². The normalized spacial score (nSPS) is 28.3. The molecule has 186 valence electrons. The van der Waals surface area contributed by atoms with Crippen molar-refractivity contribution in [1.29, 1.82) is 0 Å². The summed E-state index contributed by atoms with van der Waals surface area (Å²) in [7, 11) is 1.38. The van der Waals surface area contributed by atoms with Crippen LogP contribution in [0.3, 0.4) is 0 Å². The molecule has 1 aliphatic heterocycles. The molecule has 12 heteroatoms. The summed E-state index contributed by atoms with van der Waals surface area (Å²) in [5.74, 6) is -0.649. The minimum absolute atomic E-state index is 0.0642. The number of phenols is 1. The van der Waals surface area contributed by atoms with E-state index in [1.54, 1.807) is 0 Å². The maximum atomic E-state index is 12.0. The largest absolute Gasteiger partial charge is 0.504 e. The number of aromatic hydroxyl groups is 1. The summed E-state index contributed by atoms with van der Waals surface area (Å²) >= 11 is 0. The lowest BCUT2D eigenvalue weighted by molar-refractivity contribution is -0.308. The molecule has 7 unspecified atom stereocenters. The number of benzene rings is 1. The standard InChI is InChI=1S/C21H30O12/c1-21(29,10-22)15(24)9-32-20-19(28)18(27)17(26)14(33-20)8-31-16(25)6-4-11-3-5-12(23)13(7-11)30-2/h3-7,14-15,17-20,22-24,26-29H,8-10H2,1-2H3. The molecule has 12 nitrogen and oxygen atoms in total. The highest BCUT2D eigenvalue weighted by atomic mass is 16.7. The van der Waals surface area contributed by atoms with Crippen molar-refractivity contribution in [3.8, 4) is 11.5 Å². The molecule has 0 amide bonds. The Hall–Kier alpha value is -2.29. The van der Waals surface area contributed by atoms with E-state index in [1.165, 1.54) is 38.3 Å². The van der Waals surface area contributed by atoms with Gasteiger partial charge in [-0.3, -0.25) is 0 Å². The number of carbonyl (C=O) groups excluding carboxylic acids is 1. The predicted octanol–water partition coefficient (Wildman–Crippen LogP) is -2.11. The molecule has 33 heavy (non-hydrogen) atoms. The topological polar surface area (TPSA) is 196 Å². The highest BCUT2D eigenvalue weighted by Gasteiger charge is 2.45. The van der Waals surface area contributed by atoms with Gasteiger partial charge in [0.05, 0.1) is 20.3 Å². The van der Waals surface area contributed by atoms with Gasteiger partial charge in [0.2, 0.25) is 0 Å². The number of hydrogen-bond donors (Lipinski definition) is 7. The van der Waals surface area contributed by atoms with Crippen LogP contribution in [0.5, 0.6) is 11.5 Å². The minimum Gasteiger partial charge on any atom is -0.504 e. The van der Waals surface area contributed by atoms with Crippen molar-refractivity contribution in [2.45, 2.75) is 49.3 Å². The van der Waals surface area contributed by atoms with Gasteiger partial charge in [-0.25, -0.2) is 4.79 Å². The molecule has 7 N–H and O–H groups in total. The van der Waals surface area contributed by atoms with Gasteiger partial charge in [-0.05, 0) is 30.7 Å². The molecule has 0 spiro atoms. The molecule has 1 saturated heterocycles. The maximum Gasteiger partial charge on any atom is 0.330 e. The number of rotatable bonds is 10. The van der Waals surface area contributed by atoms with Crippen LogP contribution in [-0.2, 0) is 19.0 Å². The Morgan fingerprint density at radius 2 is 1.94 bits per heavy atom. The van der Waals surface area contributed by atoms with E-state index in [-0.39, 0.29) is 11.5 Å². The molecule has 1 aromatic carbocycles. The van der Waals surface area contributed by atoms with E-state index in [0.717, 1.165) is 6.08 Å². The molecule has 2 rings (SSSR count). The van der Waals surface area contributed by atoms with Crippen LogP contribution in [0.2, 0.25) is 0 Å². The van der Waals surface area contributed by atoms with Crippen molar-refractivity contribution in [1.82, 2.24) is 0 Å². The highest BCUT2D eigenvalue weighted by Crippen LogP contribution is 2.27. The van der Waals surface area contributed by atoms with Crippen LogP contribution >= 0.6 is 0 Å². The van der Waals surface area contributed by atoms with Crippen LogP contribution in [-0.4, -0.2) is 111 Å². The van der Waals surface area contributed by atoms with E-state index in [2.05, 4.69) is 0 Å². The second kappa shape index (κ2) is 11.7. The lowest BCUT2D eigenvalue weighted by Gasteiger charge is -2.40. The average molecular weight is 474 g/mol. The number of aliphatic hydroxyl groups excluding tert-OH is 5. The van der Waals surface area contributed by atoms with E-state index >= 15 is 0 Å². The Labute approximate surface area is 189 Å². The first-order chi connectivity index (χ1) is 15.5. The first-order valence-electron chi connectivity index (χ1n) is 10.0. The smallest absolute Gasteiger partial charge is 0.330 e. The highest BCUT2D eigenvalue weighted by molar-refractivity contribution is 5.87. The fourth-order valence-electron chi connectivity index (χ4n) is 2.84. The monoisotopic (exact) mass is 474 g/mol. The zero-order valence-corrected chi connectivity index (χ0v) is 18.1. The SMILES string of the molecule is COc1cc(C=CC(=O)OCC2OC(OCC(O)C(C)(O)CO)C(O)C(O)C2O)ccc1O. The van der Waals surface area contributed by atoms with Gasteiger partial charge >= 0.3 is 5.97 Å². The number of esters is 1. The first kappa shape index (κ1) is 27.0. The lowest BCUT2D eigenvalue weighted by atomic mass is 9.99. The number of carbonyl (C=O) groups is 1. The van der Waals surface area contributed by atoms with Gasteiger partial charge in [0, 0.05) is 6.08 Å². The third-order valence-corrected chi connectivity index (χ3v) is 5.13. The molecular weight excluding hydrogens is 444 g/mol. The summed E-state index contributed by atoms with van der Waals surface area (Å²) in [6.07, 6.45) is -6.84. The molecule has 1 fully saturated rings. The van der Waals surface area contributed by atoms with Crippen molar-refractivity contribution in [3.63, 3.8) is 0 Å². The molecule has 1 heterocycles. The first-order valence-corrected chi connectivity index (χ1v) is 10.0. The summed E-state index contributed by atoms with van der Waals surface area (Å²) < 4.78 is 20.5. The summed E-state index contributed by atoms with van der Waals surface area (Å²) in [6, 6.07) is 4.42. The number of ether oxygens (including phenoxy) is 4. The van der Waals surface area contributed by atoms with E-state index < -0.39 is 68.2 Å². The van der Waals surface area contributed by atoms with Gasteiger partial charge in [-0.2, -0.15) is 0 Å². The fourth-order valence-corrected chi connectivity index (χ4v) is 2.84.